The molecule has 35 heavy (non-hydrogen) atoms. The molecule has 0 bridgehead atoms. The van der Waals surface area contributed by atoms with Crippen LogP contribution >= 0.6 is 27.3 Å². The largest absolute Gasteiger partial charge is 0.385 e. The number of halogens is 2. The number of aromatic nitrogens is 2. The minimum Gasteiger partial charge on any atom is -0.385 e. The summed E-state index contributed by atoms with van der Waals surface area (Å²) in [7, 11) is -2.41. The van der Waals surface area contributed by atoms with Gasteiger partial charge >= 0.3 is 0 Å². The van der Waals surface area contributed by atoms with Gasteiger partial charge in [0.25, 0.3) is 5.91 Å². The maximum Gasteiger partial charge on any atom is 0.284 e. The first kappa shape index (κ1) is 26.7. The molecule has 0 saturated carbocycles. The van der Waals surface area contributed by atoms with E-state index in [0.29, 0.717) is 25.7 Å². The number of hydrogen-bond donors (Lipinski definition) is 1. The highest BCUT2D eigenvalue weighted by atomic mass is 79.9. The van der Waals surface area contributed by atoms with Gasteiger partial charge in [0.2, 0.25) is 10.0 Å². The van der Waals surface area contributed by atoms with Crippen LogP contribution in [0.2, 0.25) is 0 Å². The van der Waals surface area contributed by atoms with Crippen LogP contribution in [-0.4, -0.2) is 43.8 Å². The molecule has 0 aliphatic carbocycles. The predicted octanol–water partition coefficient (Wildman–Crippen LogP) is 4.05. The van der Waals surface area contributed by atoms with Gasteiger partial charge in [-0.05, 0) is 59.6 Å². The Morgan fingerprint density at radius 2 is 2.06 bits per heavy atom. The summed E-state index contributed by atoms with van der Waals surface area (Å²) in [5.41, 5.74) is 1.11. The zero-order chi connectivity index (χ0) is 25.6. The van der Waals surface area contributed by atoms with Crippen molar-refractivity contribution >= 4 is 54.0 Å². The highest BCUT2D eigenvalue weighted by Gasteiger charge is 2.24. The van der Waals surface area contributed by atoms with Gasteiger partial charge in [-0.2, -0.15) is 5.26 Å². The Morgan fingerprint density at radius 1 is 1.34 bits per heavy atom. The molecule has 1 amide bonds. The topological polar surface area (TPSA) is 125 Å². The number of anilines is 2. The summed E-state index contributed by atoms with van der Waals surface area (Å²) >= 11 is 4.33. The lowest BCUT2D eigenvalue weighted by Gasteiger charge is -2.22. The van der Waals surface area contributed by atoms with Crippen LogP contribution < -0.4 is 9.62 Å². The Bertz CT molecular complexity index is 1360. The summed E-state index contributed by atoms with van der Waals surface area (Å²) < 4.78 is 46.4. The molecule has 1 aromatic carbocycles. The van der Waals surface area contributed by atoms with Crippen molar-refractivity contribution in [3.05, 3.63) is 68.6 Å². The molecule has 0 fully saturated rings. The second kappa shape index (κ2) is 11.7. The number of benzene rings is 1. The van der Waals surface area contributed by atoms with Gasteiger partial charge in [0.1, 0.15) is 11.5 Å². The van der Waals surface area contributed by atoms with Crippen molar-refractivity contribution in [3.8, 4) is 6.07 Å². The molecule has 0 aliphatic heterocycles. The van der Waals surface area contributed by atoms with Crippen LogP contribution in [0.3, 0.4) is 0 Å². The van der Waals surface area contributed by atoms with Gasteiger partial charge in [0.05, 0.1) is 29.6 Å². The summed E-state index contributed by atoms with van der Waals surface area (Å²) in [4.78, 5) is 23.3. The quantitative estimate of drug-likeness (QED) is 0.355. The fourth-order valence-electron chi connectivity index (χ4n) is 3.04. The van der Waals surface area contributed by atoms with E-state index in [0.717, 1.165) is 11.3 Å². The summed E-state index contributed by atoms with van der Waals surface area (Å²) in [6.45, 7) is 1.87. The van der Waals surface area contributed by atoms with Crippen molar-refractivity contribution in [1.29, 1.82) is 5.26 Å². The monoisotopic (exact) mass is 581 g/mol. The van der Waals surface area contributed by atoms with Crippen LogP contribution in [0.5, 0.6) is 0 Å². The summed E-state index contributed by atoms with van der Waals surface area (Å²) in [5.74, 6) is -1.66. The predicted molar refractivity (Wildman–Crippen MR) is 133 cm³/mol. The van der Waals surface area contributed by atoms with Crippen molar-refractivity contribution < 1.29 is 22.3 Å². The van der Waals surface area contributed by atoms with Crippen LogP contribution in [0, 0.1) is 24.1 Å². The number of aryl methyl sites for hydroxylation is 1. The number of rotatable bonds is 10. The van der Waals surface area contributed by atoms with Crippen LogP contribution in [0.4, 0.5) is 15.2 Å². The lowest BCUT2D eigenvalue weighted by Crippen LogP contribution is -2.33. The highest BCUT2D eigenvalue weighted by molar-refractivity contribution is 9.10. The number of hydrogen-bond acceptors (Lipinski definition) is 9. The number of carbonyl (C=O) groups excluding carboxylic acids is 1. The Balaban J connectivity index is 1.94. The first-order valence-electron chi connectivity index (χ1n) is 10.2. The molecule has 0 atom stereocenters. The second-order valence-electron chi connectivity index (χ2n) is 7.32. The van der Waals surface area contributed by atoms with E-state index in [1.165, 1.54) is 19.4 Å². The summed E-state index contributed by atoms with van der Waals surface area (Å²) in [6, 6.07) is 9.89. The van der Waals surface area contributed by atoms with Gasteiger partial charge in [-0.25, -0.2) is 22.5 Å². The third kappa shape index (κ3) is 7.04. The van der Waals surface area contributed by atoms with E-state index >= 15 is 0 Å². The lowest BCUT2D eigenvalue weighted by molar-refractivity contribution is 0.0976. The molecule has 0 saturated heterocycles. The summed E-state index contributed by atoms with van der Waals surface area (Å²) in [6.07, 6.45) is 1.70. The average molecular weight is 582 g/mol. The van der Waals surface area contributed by atoms with E-state index in [9.17, 15) is 17.6 Å². The van der Waals surface area contributed by atoms with Crippen LogP contribution in [-0.2, 0) is 21.3 Å². The smallest absolute Gasteiger partial charge is 0.284 e. The molecular weight excluding hydrogens is 561 g/mol. The van der Waals surface area contributed by atoms with Gasteiger partial charge in [-0.3, -0.25) is 9.78 Å². The van der Waals surface area contributed by atoms with Crippen LogP contribution in [0.25, 0.3) is 0 Å². The maximum atomic E-state index is 14.6. The molecule has 0 radical (unpaired) electrons. The number of nitriles is 1. The molecule has 184 valence electrons. The molecule has 0 aliphatic rings. The van der Waals surface area contributed by atoms with Crippen molar-refractivity contribution in [2.75, 3.05) is 24.4 Å². The Hall–Kier alpha value is -2.92. The van der Waals surface area contributed by atoms with Gasteiger partial charge in [0, 0.05) is 35.0 Å². The zero-order valence-electron chi connectivity index (χ0n) is 18.8. The number of ether oxygens (including phenoxy) is 1. The fourth-order valence-corrected chi connectivity index (χ4v) is 5.25. The zero-order valence-corrected chi connectivity index (χ0v) is 22.0. The number of sulfonamides is 1. The molecular formula is C22H21BrFN5O4S2. The third-order valence-electron chi connectivity index (χ3n) is 4.74. The van der Waals surface area contributed by atoms with Crippen molar-refractivity contribution in [2.45, 2.75) is 19.9 Å². The summed E-state index contributed by atoms with van der Waals surface area (Å²) in [5, 5.41) is 9.44. The molecule has 1 N–H and O–H groups in total. The number of amides is 1. The third-order valence-corrected chi connectivity index (χ3v) is 7.49. The highest BCUT2D eigenvalue weighted by Crippen LogP contribution is 2.33. The lowest BCUT2D eigenvalue weighted by atomic mass is 10.2. The van der Waals surface area contributed by atoms with E-state index in [2.05, 4.69) is 25.9 Å². The van der Waals surface area contributed by atoms with Gasteiger partial charge < -0.3 is 9.64 Å². The molecule has 2 heterocycles. The number of nitrogens with zero attached hydrogens (tertiary/aromatic N) is 4. The number of pyridine rings is 1. The number of carbonyl (C=O) groups is 1. The van der Waals surface area contributed by atoms with Crippen LogP contribution in [0.1, 0.15) is 33.0 Å². The van der Waals surface area contributed by atoms with Gasteiger partial charge in [-0.1, -0.05) is 0 Å². The number of methoxy groups -OCH3 is 1. The van der Waals surface area contributed by atoms with Crippen molar-refractivity contribution in [3.63, 3.8) is 0 Å². The van der Waals surface area contributed by atoms with Gasteiger partial charge in [-0.15, -0.1) is 11.3 Å². The molecule has 3 rings (SSSR count). The van der Waals surface area contributed by atoms with E-state index in [1.807, 2.05) is 10.8 Å². The molecule has 0 spiro atoms. The second-order valence-corrected chi connectivity index (χ2v) is 11.3. The molecule has 0 unspecified atom stereocenters. The minimum absolute atomic E-state index is 0.0195. The number of thiazole rings is 1. The average Bonchev–Trinajstić information content (AvgIpc) is 3.20. The van der Waals surface area contributed by atoms with E-state index in [1.54, 1.807) is 36.1 Å². The van der Waals surface area contributed by atoms with Gasteiger partial charge in [0.15, 0.2) is 5.13 Å². The van der Waals surface area contributed by atoms with Crippen LogP contribution in [0.15, 0.2) is 41.0 Å². The Labute approximate surface area is 214 Å². The maximum absolute atomic E-state index is 14.6. The minimum atomic E-state index is -3.87. The molecule has 2 aromatic heterocycles. The first-order chi connectivity index (χ1) is 16.6. The Kier molecular flexibility index (Phi) is 8.90. The van der Waals surface area contributed by atoms with E-state index in [4.69, 9.17) is 10.00 Å². The van der Waals surface area contributed by atoms with E-state index in [-0.39, 0.29) is 36.7 Å². The number of nitrogens with one attached hydrogen (secondary N) is 1. The van der Waals surface area contributed by atoms with Crippen molar-refractivity contribution in [2.24, 2.45) is 0 Å². The van der Waals surface area contributed by atoms with E-state index < -0.39 is 21.7 Å². The Morgan fingerprint density at radius 3 is 2.69 bits per heavy atom. The standard InChI is InChI=1S/C22H21BrFN5O4S2/c1-14-20(21(30)28-35(31,32)9-3-8-33-2)27-22(34-14)29(17-6-4-15(11-25)5-7-17)13-19-18(24)10-16(23)12-26-19/h4-7,10,12H,3,8-9,13H2,1-2H3,(H,28,30). The first-order valence-corrected chi connectivity index (χ1v) is 13.5. The molecule has 13 heteroatoms. The molecule has 9 nitrogen and oxygen atoms in total. The SMILES string of the molecule is COCCCS(=O)(=O)NC(=O)c1nc(N(Cc2ncc(Br)cc2F)c2ccc(C#N)cc2)sc1C. The molecule has 3 aromatic rings. The normalized spacial score (nSPS) is 11.2. The fraction of sp³-hybridized carbons (Fsp3) is 0.273. The van der Waals surface area contributed by atoms with Crippen molar-refractivity contribution in [1.82, 2.24) is 14.7 Å².